The molecule has 5 heteroatoms. The maximum Gasteiger partial charge on any atom is 0.0964 e. The number of rotatable bonds is 8. The van der Waals surface area contributed by atoms with E-state index in [9.17, 15) is 0 Å². The van der Waals surface area contributed by atoms with Crippen LogP contribution in [-0.2, 0) is 13.1 Å². The van der Waals surface area contributed by atoms with E-state index in [1.54, 1.807) is 0 Å². The number of hydrogen-bond acceptors (Lipinski definition) is 4. The lowest BCUT2D eigenvalue weighted by molar-refractivity contribution is 0.577. The van der Waals surface area contributed by atoms with Crippen molar-refractivity contribution >= 4 is 11.8 Å². The second-order valence-corrected chi connectivity index (χ2v) is 5.45. The van der Waals surface area contributed by atoms with E-state index in [0.29, 0.717) is 6.04 Å². The van der Waals surface area contributed by atoms with Crippen molar-refractivity contribution in [3.63, 3.8) is 0 Å². The van der Waals surface area contributed by atoms with Crippen LogP contribution >= 0.6 is 11.8 Å². The average molecular weight is 242 g/mol. The zero-order chi connectivity index (χ0) is 11.8. The van der Waals surface area contributed by atoms with Crippen molar-refractivity contribution in [1.82, 2.24) is 20.3 Å². The Morgan fingerprint density at radius 3 is 3.00 bits per heavy atom. The molecule has 0 unspecified atom stereocenters. The van der Waals surface area contributed by atoms with E-state index >= 15 is 0 Å². The van der Waals surface area contributed by atoms with Crippen molar-refractivity contribution < 1.29 is 0 Å². The fourth-order valence-corrected chi connectivity index (χ4v) is 1.93. The first kappa shape index (κ1) is 13.5. The Morgan fingerprint density at radius 2 is 2.31 bits per heavy atom. The van der Waals surface area contributed by atoms with Gasteiger partial charge >= 0.3 is 0 Å². The Morgan fingerprint density at radius 1 is 1.50 bits per heavy atom. The molecule has 0 aliphatic heterocycles. The highest BCUT2D eigenvalue weighted by Crippen LogP contribution is 2.02. The molecule has 1 heterocycles. The zero-order valence-electron chi connectivity index (χ0n) is 10.4. The molecule has 0 saturated carbocycles. The van der Waals surface area contributed by atoms with Gasteiger partial charge in [0.2, 0.25) is 0 Å². The molecule has 0 aliphatic carbocycles. The van der Waals surface area contributed by atoms with Crippen LogP contribution in [0, 0.1) is 0 Å². The summed E-state index contributed by atoms with van der Waals surface area (Å²) in [5.41, 5.74) is 1.02. The largest absolute Gasteiger partial charge is 0.309 e. The first-order chi connectivity index (χ1) is 7.72. The number of nitrogens with zero attached hydrogens (tertiary/aromatic N) is 3. The first-order valence-electron chi connectivity index (χ1n) is 5.92. The summed E-state index contributed by atoms with van der Waals surface area (Å²) in [5, 5.41) is 11.6. The van der Waals surface area contributed by atoms with Crippen LogP contribution in [0.2, 0.25) is 0 Å². The minimum atomic E-state index is 0.492. The van der Waals surface area contributed by atoms with E-state index < -0.39 is 0 Å². The normalized spacial score (nSPS) is 11.2. The lowest BCUT2D eigenvalue weighted by Crippen LogP contribution is -2.21. The van der Waals surface area contributed by atoms with E-state index in [0.717, 1.165) is 18.8 Å². The molecule has 0 radical (unpaired) electrons. The molecule has 0 bridgehead atoms. The van der Waals surface area contributed by atoms with Gasteiger partial charge in [-0.3, -0.25) is 4.68 Å². The third kappa shape index (κ3) is 5.51. The summed E-state index contributed by atoms with van der Waals surface area (Å²) in [6.45, 7) is 8.23. The van der Waals surface area contributed by atoms with Crippen molar-refractivity contribution in [2.45, 2.75) is 46.3 Å². The monoisotopic (exact) mass is 242 g/mol. The van der Waals surface area contributed by atoms with Crippen LogP contribution in [0.15, 0.2) is 6.20 Å². The van der Waals surface area contributed by atoms with Gasteiger partial charge in [-0.25, -0.2) is 0 Å². The van der Waals surface area contributed by atoms with Crippen LogP contribution in [0.4, 0.5) is 0 Å². The van der Waals surface area contributed by atoms with Gasteiger partial charge in [-0.15, -0.1) is 5.10 Å². The van der Waals surface area contributed by atoms with Crippen LogP contribution in [0.25, 0.3) is 0 Å². The molecule has 0 spiro atoms. The number of aromatic nitrogens is 3. The average Bonchev–Trinajstić information content (AvgIpc) is 2.70. The topological polar surface area (TPSA) is 42.7 Å². The Bertz CT molecular complexity index is 285. The standard InChI is InChI=1S/C11H22N4S/c1-4-16-7-5-6-15-9-11(13-14-15)8-12-10(2)3/h9-10,12H,4-8H2,1-3H3. The predicted molar refractivity (Wildman–Crippen MR) is 69.6 cm³/mol. The summed E-state index contributed by atoms with van der Waals surface area (Å²) in [6.07, 6.45) is 3.20. The van der Waals surface area contributed by atoms with Gasteiger partial charge in [0.1, 0.15) is 0 Å². The van der Waals surface area contributed by atoms with E-state index in [-0.39, 0.29) is 0 Å². The maximum absolute atomic E-state index is 4.13. The summed E-state index contributed by atoms with van der Waals surface area (Å²) in [7, 11) is 0. The van der Waals surface area contributed by atoms with Crippen LogP contribution in [0.1, 0.15) is 32.9 Å². The van der Waals surface area contributed by atoms with Crippen molar-refractivity contribution in [3.8, 4) is 0 Å². The molecule has 0 aliphatic rings. The number of hydrogen-bond donors (Lipinski definition) is 1. The fraction of sp³-hybridized carbons (Fsp3) is 0.818. The van der Waals surface area contributed by atoms with Crippen molar-refractivity contribution in [2.75, 3.05) is 11.5 Å². The second kappa shape index (κ2) is 7.68. The molecule has 1 aromatic heterocycles. The quantitative estimate of drug-likeness (QED) is 0.707. The fourth-order valence-electron chi connectivity index (χ4n) is 1.31. The summed E-state index contributed by atoms with van der Waals surface area (Å²) >= 11 is 1.97. The highest BCUT2D eigenvalue weighted by Gasteiger charge is 2.01. The van der Waals surface area contributed by atoms with Gasteiger partial charge in [-0.2, -0.15) is 11.8 Å². The van der Waals surface area contributed by atoms with Crippen molar-refractivity contribution in [1.29, 1.82) is 0 Å². The van der Waals surface area contributed by atoms with Gasteiger partial charge in [-0.05, 0) is 17.9 Å². The summed E-state index contributed by atoms with van der Waals surface area (Å²) in [6, 6.07) is 0.492. The van der Waals surface area contributed by atoms with Gasteiger partial charge in [0.15, 0.2) is 0 Å². The van der Waals surface area contributed by atoms with Crippen molar-refractivity contribution in [3.05, 3.63) is 11.9 Å². The molecule has 92 valence electrons. The second-order valence-electron chi connectivity index (χ2n) is 4.06. The lowest BCUT2D eigenvalue weighted by Gasteiger charge is -2.04. The number of thioether (sulfide) groups is 1. The minimum Gasteiger partial charge on any atom is -0.309 e. The van der Waals surface area contributed by atoms with Crippen LogP contribution in [0.3, 0.4) is 0 Å². The molecule has 4 nitrogen and oxygen atoms in total. The van der Waals surface area contributed by atoms with Gasteiger partial charge < -0.3 is 5.32 Å². The summed E-state index contributed by atoms with van der Waals surface area (Å²) < 4.78 is 1.94. The highest BCUT2D eigenvalue weighted by molar-refractivity contribution is 7.99. The Hall–Kier alpha value is -0.550. The van der Waals surface area contributed by atoms with Gasteiger partial charge in [0.05, 0.1) is 5.69 Å². The highest BCUT2D eigenvalue weighted by atomic mass is 32.2. The van der Waals surface area contributed by atoms with Gasteiger partial charge in [0.25, 0.3) is 0 Å². The van der Waals surface area contributed by atoms with E-state index in [1.165, 1.54) is 17.9 Å². The maximum atomic E-state index is 4.13. The van der Waals surface area contributed by atoms with Gasteiger partial charge in [0, 0.05) is 25.3 Å². The lowest BCUT2D eigenvalue weighted by atomic mass is 10.3. The van der Waals surface area contributed by atoms with Gasteiger partial charge in [-0.1, -0.05) is 26.0 Å². The third-order valence-electron chi connectivity index (χ3n) is 2.16. The zero-order valence-corrected chi connectivity index (χ0v) is 11.3. The van der Waals surface area contributed by atoms with Crippen molar-refractivity contribution in [2.24, 2.45) is 0 Å². The van der Waals surface area contributed by atoms with E-state index in [4.69, 9.17) is 0 Å². The number of nitrogens with one attached hydrogen (secondary N) is 1. The molecule has 0 saturated heterocycles. The molecular formula is C11H22N4S. The summed E-state index contributed by atoms with van der Waals surface area (Å²) in [5.74, 6) is 2.40. The number of aryl methyl sites for hydroxylation is 1. The predicted octanol–water partition coefficient (Wildman–Crippen LogP) is 1.92. The smallest absolute Gasteiger partial charge is 0.0964 e. The minimum absolute atomic E-state index is 0.492. The van der Waals surface area contributed by atoms with E-state index in [1.807, 2.05) is 22.6 Å². The molecule has 1 N–H and O–H groups in total. The molecule has 0 atom stereocenters. The van der Waals surface area contributed by atoms with Crippen LogP contribution in [-0.4, -0.2) is 32.5 Å². The molecule has 0 fully saturated rings. The molecule has 1 rings (SSSR count). The van der Waals surface area contributed by atoms with E-state index in [2.05, 4.69) is 36.4 Å². The molecule has 1 aromatic rings. The third-order valence-corrected chi connectivity index (χ3v) is 3.14. The molecule has 0 amide bonds. The Labute approximate surface area is 102 Å². The van der Waals surface area contributed by atoms with Crippen LogP contribution in [0.5, 0.6) is 0 Å². The molecule has 16 heavy (non-hydrogen) atoms. The molecule has 0 aromatic carbocycles. The molecular weight excluding hydrogens is 220 g/mol. The Kier molecular flexibility index (Phi) is 6.49. The van der Waals surface area contributed by atoms with Crippen LogP contribution < -0.4 is 5.32 Å². The summed E-state index contributed by atoms with van der Waals surface area (Å²) in [4.78, 5) is 0. The SMILES string of the molecule is CCSCCCn1cc(CNC(C)C)nn1. The Balaban J connectivity index is 2.22. The first-order valence-corrected chi connectivity index (χ1v) is 7.08.